The maximum absolute atomic E-state index is 13.4. The van der Waals surface area contributed by atoms with Crippen molar-refractivity contribution in [2.24, 2.45) is 0 Å². The van der Waals surface area contributed by atoms with Gasteiger partial charge in [0.1, 0.15) is 5.82 Å². The van der Waals surface area contributed by atoms with Gasteiger partial charge in [0.15, 0.2) is 0 Å². The van der Waals surface area contributed by atoms with E-state index in [1.165, 1.54) is 0 Å². The van der Waals surface area contributed by atoms with Crippen molar-refractivity contribution in [3.05, 3.63) is 33.5 Å². The highest BCUT2D eigenvalue weighted by atomic mass is 79.9. The van der Waals surface area contributed by atoms with Crippen molar-refractivity contribution in [2.45, 2.75) is 19.9 Å². The molecule has 0 saturated heterocycles. The zero-order valence-corrected chi connectivity index (χ0v) is 9.57. The smallest absolute Gasteiger partial charge is 0.140 e. The first-order valence-electron chi connectivity index (χ1n) is 4.19. The van der Waals surface area contributed by atoms with E-state index in [4.69, 9.17) is 0 Å². The Morgan fingerprint density at radius 3 is 2.62 bits per heavy atom. The van der Waals surface area contributed by atoms with E-state index < -0.39 is 0 Å². The van der Waals surface area contributed by atoms with Crippen LogP contribution in [0, 0.1) is 12.7 Å². The highest BCUT2D eigenvalue weighted by Gasteiger charge is 2.11. The normalized spacial score (nSPS) is 13.0. The Hall–Kier alpha value is -0.410. The zero-order chi connectivity index (χ0) is 10.0. The van der Waals surface area contributed by atoms with Crippen molar-refractivity contribution in [1.29, 1.82) is 0 Å². The van der Waals surface area contributed by atoms with E-state index in [2.05, 4.69) is 21.2 Å². The monoisotopic (exact) mass is 245 g/mol. The van der Waals surface area contributed by atoms with E-state index in [0.29, 0.717) is 10.0 Å². The largest absolute Gasteiger partial charge is 0.313 e. The van der Waals surface area contributed by atoms with E-state index in [1.807, 2.05) is 20.0 Å². The summed E-state index contributed by atoms with van der Waals surface area (Å²) in [6.45, 7) is 3.80. The molecule has 1 N–H and O–H groups in total. The summed E-state index contributed by atoms with van der Waals surface area (Å²) in [7, 11) is 1.87. The van der Waals surface area contributed by atoms with Gasteiger partial charge in [-0.1, -0.05) is 6.07 Å². The highest BCUT2D eigenvalue weighted by molar-refractivity contribution is 9.10. The van der Waals surface area contributed by atoms with Gasteiger partial charge in [-0.15, -0.1) is 0 Å². The molecule has 3 heteroatoms. The van der Waals surface area contributed by atoms with Crippen LogP contribution in [0.1, 0.15) is 24.1 Å². The summed E-state index contributed by atoms with van der Waals surface area (Å²) < 4.78 is 13.9. The molecule has 1 rings (SSSR count). The molecule has 0 heterocycles. The summed E-state index contributed by atoms with van der Waals surface area (Å²) in [5, 5.41) is 3.09. The minimum Gasteiger partial charge on any atom is -0.313 e. The van der Waals surface area contributed by atoms with Crippen LogP contribution in [0.2, 0.25) is 0 Å². The molecule has 13 heavy (non-hydrogen) atoms. The molecular weight excluding hydrogens is 233 g/mol. The Morgan fingerprint density at radius 1 is 1.46 bits per heavy atom. The van der Waals surface area contributed by atoms with Crippen molar-refractivity contribution >= 4 is 15.9 Å². The minimum atomic E-state index is -0.167. The first kappa shape index (κ1) is 10.7. The van der Waals surface area contributed by atoms with Crippen LogP contribution in [0.5, 0.6) is 0 Å². The predicted octanol–water partition coefficient (Wildman–Crippen LogP) is 3.18. The van der Waals surface area contributed by atoms with E-state index >= 15 is 0 Å². The fourth-order valence-electron chi connectivity index (χ4n) is 1.29. The van der Waals surface area contributed by atoms with Gasteiger partial charge >= 0.3 is 0 Å². The second-order valence-corrected chi connectivity index (χ2v) is 3.94. The minimum absolute atomic E-state index is 0.167. The first-order valence-corrected chi connectivity index (χ1v) is 4.99. The molecule has 0 fully saturated rings. The van der Waals surface area contributed by atoms with Crippen LogP contribution >= 0.6 is 15.9 Å². The summed E-state index contributed by atoms with van der Waals surface area (Å²) in [6, 6.07) is 3.86. The van der Waals surface area contributed by atoms with Crippen LogP contribution in [-0.4, -0.2) is 7.05 Å². The van der Waals surface area contributed by atoms with Gasteiger partial charge in [0.2, 0.25) is 0 Å². The molecule has 0 bridgehead atoms. The molecule has 1 aromatic rings. The van der Waals surface area contributed by atoms with Gasteiger partial charge in [0.05, 0.1) is 4.47 Å². The molecule has 0 unspecified atom stereocenters. The third kappa shape index (κ3) is 2.09. The molecule has 0 aliphatic rings. The van der Waals surface area contributed by atoms with Gasteiger partial charge < -0.3 is 5.32 Å². The van der Waals surface area contributed by atoms with E-state index in [-0.39, 0.29) is 11.9 Å². The molecule has 1 nitrogen and oxygen atoms in total. The van der Waals surface area contributed by atoms with Gasteiger partial charge in [-0.2, -0.15) is 0 Å². The number of hydrogen-bond acceptors (Lipinski definition) is 1. The van der Waals surface area contributed by atoms with Gasteiger partial charge in [-0.3, -0.25) is 0 Å². The molecule has 0 amide bonds. The van der Waals surface area contributed by atoms with Crippen molar-refractivity contribution < 1.29 is 4.39 Å². The quantitative estimate of drug-likeness (QED) is 0.845. The van der Waals surface area contributed by atoms with Gasteiger partial charge in [-0.25, -0.2) is 4.39 Å². The summed E-state index contributed by atoms with van der Waals surface area (Å²) in [5.74, 6) is -0.167. The Balaban J connectivity index is 3.18. The van der Waals surface area contributed by atoms with Crippen LogP contribution in [0.15, 0.2) is 16.6 Å². The summed E-state index contributed by atoms with van der Waals surface area (Å²) in [6.07, 6.45) is 0. The third-order valence-corrected chi connectivity index (χ3v) is 2.89. The molecule has 0 spiro atoms. The molecular formula is C10H13BrFN. The summed E-state index contributed by atoms with van der Waals surface area (Å²) >= 11 is 3.16. The van der Waals surface area contributed by atoms with Crippen molar-refractivity contribution in [3.63, 3.8) is 0 Å². The van der Waals surface area contributed by atoms with Crippen molar-refractivity contribution in [3.8, 4) is 0 Å². The van der Waals surface area contributed by atoms with E-state index in [1.54, 1.807) is 13.0 Å². The van der Waals surface area contributed by atoms with Gasteiger partial charge in [0, 0.05) is 6.04 Å². The standard InChI is InChI=1S/C10H13BrFN/c1-6-8(7(2)13-3)4-5-9(11)10(6)12/h4-5,7,13H,1-3H3/t7-/m1/s1. The van der Waals surface area contributed by atoms with Crippen LogP contribution < -0.4 is 5.32 Å². The number of benzene rings is 1. The van der Waals surface area contributed by atoms with Gasteiger partial charge in [0.25, 0.3) is 0 Å². The lowest BCUT2D eigenvalue weighted by Gasteiger charge is -2.14. The SMILES string of the molecule is CN[C@H](C)c1ccc(Br)c(F)c1C. The molecule has 0 aromatic heterocycles. The summed E-state index contributed by atoms with van der Waals surface area (Å²) in [4.78, 5) is 0. The third-order valence-electron chi connectivity index (χ3n) is 2.28. The maximum Gasteiger partial charge on any atom is 0.140 e. The van der Waals surface area contributed by atoms with Crippen molar-refractivity contribution in [2.75, 3.05) is 7.05 Å². The summed E-state index contributed by atoms with van der Waals surface area (Å²) in [5.41, 5.74) is 1.71. The first-order chi connectivity index (χ1) is 6.07. The predicted molar refractivity (Wildman–Crippen MR) is 56.3 cm³/mol. The molecule has 0 saturated carbocycles. The number of hydrogen-bond donors (Lipinski definition) is 1. The highest BCUT2D eigenvalue weighted by Crippen LogP contribution is 2.25. The maximum atomic E-state index is 13.4. The van der Waals surface area contributed by atoms with Crippen LogP contribution in [0.25, 0.3) is 0 Å². The van der Waals surface area contributed by atoms with Gasteiger partial charge in [-0.05, 0) is 54.0 Å². The fourth-order valence-corrected chi connectivity index (χ4v) is 1.72. The van der Waals surface area contributed by atoms with Crippen molar-refractivity contribution in [1.82, 2.24) is 5.32 Å². The Labute approximate surface area is 86.5 Å². The number of halogens is 2. The zero-order valence-electron chi connectivity index (χ0n) is 7.99. The lowest BCUT2D eigenvalue weighted by Crippen LogP contribution is -2.14. The lowest BCUT2D eigenvalue weighted by atomic mass is 10.0. The fraction of sp³-hybridized carbons (Fsp3) is 0.400. The molecule has 72 valence electrons. The Kier molecular flexibility index (Phi) is 3.45. The van der Waals surface area contributed by atoms with Crippen LogP contribution in [0.4, 0.5) is 4.39 Å². The average Bonchev–Trinajstić information content (AvgIpc) is 2.13. The molecule has 0 radical (unpaired) electrons. The molecule has 1 atom stereocenters. The van der Waals surface area contributed by atoms with Crippen LogP contribution in [-0.2, 0) is 0 Å². The Bertz CT molecular complexity index is 312. The second-order valence-electron chi connectivity index (χ2n) is 3.09. The topological polar surface area (TPSA) is 12.0 Å². The molecule has 1 aromatic carbocycles. The van der Waals surface area contributed by atoms with E-state index in [9.17, 15) is 4.39 Å². The lowest BCUT2D eigenvalue weighted by molar-refractivity contribution is 0.591. The number of nitrogens with one attached hydrogen (secondary N) is 1. The second kappa shape index (κ2) is 4.20. The molecule has 0 aliphatic carbocycles. The number of rotatable bonds is 2. The van der Waals surface area contributed by atoms with E-state index in [0.717, 1.165) is 5.56 Å². The Morgan fingerprint density at radius 2 is 2.08 bits per heavy atom. The average molecular weight is 246 g/mol. The molecule has 0 aliphatic heterocycles. The van der Waals surface area contributed by atoms with Crippen LogP contribution in [0.3, 0.4) is 0 Å².